The summed E-state index contributed by atoms with van der Waals surface area (Å²) in [6, 6.07) is 10.4. The molecule has 3 N–H and O–H groups in total. The van der Waals surface area contributed by atoms with Crippen LogP contribution < -0.4 is 16.2 Å². The summed E-state index contributed by atoms with van der Waals surface area (Å²) in [7, 11) is 0. The molecule has 1 aromatic heterocycles. The Bertz CT molecular complexity index is 631. The third kappa shape index (κ3) is 3.46. The molecule has 1 aliphatic rings. The van der Waals surface area contributed by atoms with Crippen LogP contribution in [0.1, 0.15) is 24.8 Å². The summed E-state index contributed by atoms with van der Waals surface area (Å²) in [6.07, 6.45) is 3.80. The van der Waals surface area contributed by atoms with E-state index in [1.807, 2.05) is 18.2 Å². The quantitative estimate of drug-likeness (QED) is 0.673. The van der Waals surface area contributed by atoms with Crippen LogP contribution in [0.4, 0.5) is 0 Å². The van der Waals surface area contributed by atoms with Gasteiger partial charge in [0.05, 0.1) is 0 Å². The number of aromatic amines is 1. The van der Waals surface area contributed by atoms with E-state index in [-0.39, 0.29) is 5.56 Å². The molecule has 4 heteroatoms. The fourth-order valence-corrected chi connectivity index (χ4v) is 2.45. The number of H-pyrrole nitrogens is 1. The van der Waals surface area contributed by atoms with E-state index in [4.69, 9.17) is 0 Å². The number of fused-ring (bicyclic) bond motifs is 1. The third-order valence-electron chi connectivity index (χ3n) is 3.69. The van der Waals surface area contributed by atoms with E-state index in [1.54, 1.807) is 6.07 Å². The van der Waals surface area contributed by atoms with Crippen LogP contribution in [0, 0.1) is 0 Å². The maximum absolute atomic E-state index is 11.6. The minimum atomic E-state index is -0.0316. The van der Waals surface area contributed by atoms with Gasteiger partial charge >= 0.3 is 0 Å². The molecule has 0 aliphatic heterocycles. The molecule has 0 unspecified atom stereocenters. The molecule has 0 saturated heterocycles. The average molecular weight is 271 g/mol. The topological polar surface area (TPSA) is 56.9 Å². The van der Waals surface area contributed by atoms with Crippen molar-refractivity contribution < 1.29 is 0 Å². The number of aromatic nitrogens is 1. The van der Waals surface area contributed by atoms with Crippen molar-refractivity contribution in [2.75, 3.05) is 13.1 Å². The minimum Gasteiger partial charge on any atom is -0.322 e. The Morgan fingerprint density at radius 2 is 2.05 bits per heavy atom. The molecule has 0 atom stereocenters. The van der Waals surface area contributed by atoms with Crippen LogP contribution in [0.5, 0.6) is 0 Å². The monoisotopic (exact) mass is 271 g/mol. The number of hydrogen-bond donors (Lipinski definition) is 3. The van der Waals surface area contributed by atoms with Gasteiger partial charge in [-0.05, 0) is 44.0 Å². The van der Waals surface area contributed by atoms with Crippen molar-refractivity contribution >= 4 is 10.9 Å². The lowest BCUT2D eigenvalue weighted by molar-refractivity contribution is 0.594. The van der Waals surface area contributed by atoms with Gasteiger partial charge in [0.25, 0.3) is 0 Å². The Labute approximate surface area is 118 Å². The van der Waals surface area contributed by atoms with Gasteiger partial charge in [-0.3, -0.25) is 4.79 Å². The van der Waals surface area contributed by atoms with Crippen molar-refractivity contribution in [2.24, 2.45) is 0 Å². The van der Waals surface area contributed by atoms with Crippen LogP contribution in [0.2, 0.25) is 0 Å². The molecule has 1 fully saturated rings. The van der Waals surface area contributed by atoms with Gasteiger partial charge in [-0.15, -0.1) is 0 Å². The van der Waals surface area contributed by atoms with Crippen molar-refractivity contribution in [1.82, 2.24) is 15.6 Å². The zero-order valence-corrected chi connectivity index (χ0v) is 11.6. The maximum Gasteiger partial charge on any atom is 0.248 e. The second-order valence-electron chi connectivity index (χ2n) is 5.46. The fraction of sp³-hybridized carbons (Fsp3) is 0.438. The highest BCUT2D eigenvalue weighted by molar-refractivity contribution is 5.81. The zero-order chi connectivity index (χ0) is 13.8. The van der Waals surface area contributed by atoms with Crippen molar-refractivity contribution in [3.8, 4) is 0 Å². The highest BCUT2D eigenvalue weighted by Crippen LogP contribution is 2.18. The lowest BCUT2D eigenvalue weighted by atomic mass is 10.1. The SMILES string of the molecule is O=c1cc(CNCCCNC2CC2)c2ccccc2[nH]1. The first-order valence-electron chi connectivity index (χ1n) is 7.38. The lowest BCUT2D eigenvalue weighted by Crippen LogP contribution is -2.23. The molecule has 0 bridgehead atoms. The van der Waals surface area contributed by atoms with Gasteiger partial charge in [0.1, 0.15) is 0 Å². The molecule has 0 spiro atoms. The zero-order valence-electron chi connectivity index (χ0n) is 11.6. The van der Waals surface area contributed by atoms with Gasteiger partial charge in [-0.25, -0.2) is 0 Å². The minimum absolute atomic E-state index is 0.0316. The van der Waals surface area contributed by atoms with Gasteiger partial charge in [0, 0.05) is 29.6 Å². The molecular weight excluding hydrogens is 250 g/mol. The Balaban J connectivity index is 1.54. The van der Waals surface area contributed by atoms with E-state index in [0.29, 0.717) is 0 Å². The maximum atomic E-state index is 11.6. The lowest BCUT2D eigenvalue weighted by Gasteiger charge is -2.08. The van der Waals surface area contributed by atoms with Crippen molar-refractivity contribution in [2.45, 2.75) is 31.8 Å². The normalized spacial score (nSPS) is 14.8. The Hall–Kier alpha value is -1.65. The molecule has 1 heterocycles. The van der Waals surface area contributed by atoms with Crippen LogP contribution in [0.15, 0.2) is 35.1 Å². The van der Waals surface area contributed by atoms with Crippen LogP contribution in [-0.4, -0.2) is 24.1 Å². The number of pyridine rings is 1. The van der Waals surface area contributed by atoms with Gasteiger partial charge in [0.2, 0.25) is 5.56 Å². The van der Waals surface area contributed by atoms with E-state index >= 15 is 0 Å². The van der Waals surface area contributed by atoms with Gasteiger partial charge in [-0.2, -0.15) is 0 Å². The van der Waals surface area contributed by atoms with Gasteiger partial charge in [-0.1, -0.05) is 18.2 Å². The standard InChI is InChI=1S/C16H21N3O/c20-16-10-12(14-4-1-2-5-15(14)19-16)11-17-8-3-9-18-13-6-7-13/h1-2,4-5,10,13,17-18H,3,6-9,11H2,(H,19,20). The summed E-state index contributed by atoms with van der Waals surface area (Å²) in [5, 5.41) is 8.04. The summed E-state index contributed by atoms with van der Waals surface area (Å²) in [5.74, 6) is 0. The summed E-state index contributed by atoms with van der Waals surface area (Å²) in [4.78, 5) is 14.5. The highest BCUT2D eigenvalue weighted by Gasteiger charge is 2.19. The van der Waals surface area contributed by atoms with Crippen LogP contribution in [0.3, 0.4) is 0 Å². The van der Waals surface area contributed by atoms with Crippen molar-refractivity contribution in [1.29, 1.82) is 0 Å². The first kappa shape index (κ1) is 13.3. The van der Waals surface area contributed by atoms with Crippen LogP contribution >= 0.6 is 0 Å². The van der Waals surface area contributed by atoms with Crippen molar-refractivity contribution in [3.05, 3.63) is 46.2 Å². The number of nitrogens with one attached hydrogen (secondary N) is 3. The van der Waals surface area contributed by atoms with Gasteiger partial charge in [0.15, 0.2) is 0 Å². The molecule has 0 radical (unpaired) electrons. The molecule has 4 nitrogen and oxygen atoms in total. The second kappa shape index (κ2) is 6.20. The first-order chi connectivity index (χ1) is 9.83. The number of rotatable bonds is 7. The molecule has 106 valence electrons. The van der Waals surface area contributed by atoms with E-state index in [2.05, 4.69) is 21.7 Å². The Morgan fingerprint density at radius 1 is 1.20 bits per heavy atom. The van der Waals surface area contributed by atoms with E-state index < -0.39 is 0 Å². The molecule has 20 heavy (non-hydrogen) atoms. The number of benzene rings is 1. The average Bonchev–Trinajstić information content (AvgIpc) is 3.26. The summed E-state index contributed by atoms with van der Waals surface area (Å²) >= 11 is 0. The van der Waals surface area contributed by atoms with E-state index in [9.17, 15) is 4.79 Å². The Kier molecular flexibility index (Phi) is 4.14. The molecule has 2 aromatic rings. The smallest absolute Gasteiger partial charge is 0.248 e. The Morgan fingerprint density at radius 3 is 2.90 bits per heavy atom. The number of para-hydroxylation sites is 1. The summed E-state index contributed by atoms with van der Waals surface area (Å²) in [5.41, 5.74) is 1.95. The third-order valence-corrected chi connectivity index (χ3v) is 3.69. The van der Waals surface area contributed by atoms with Crippen LogP contribution in [-0.2, 0) is 6.54 Å². The molecule has 1 aromatic carbocycles. The van der Waals surface area contributed by atoms with E-state index in [1.165, 1.54) is 12.8 Å². The van der Waals surface area contributed by atoms with Gasteiger partial charge < -0.3 is 15.6 Å². The molecule has 1 saturated carbocycles. The molecule has 1 aliphatic carbocycles. The highest BCUT2D eigenvalue weighted by atomic mass is 16.1. The predicted molar refractivity (Wildman–Crippen MR) is 81.9 cm³/mol. The largest absolute Gasteiger partial charge is 0.322 e. The van der Waals surface area contributed by atoms with Crippen molar-refractivity contribution in [3.63, 3.8) is 0 Å². The second-order valence-corrected chi connectivity index (χ2v) is 5.46. The molecule has 0 amide bonds. The number of hydrogen-bond acceptors (Lipinski definition) is 3. The first-order valence-corrected chi connectivity index (χ1v) is 7.38. The van der Waals surface area contributed by atoms with Crippen LogP contribution in [0.25, 0.3) is 10.9 Å². The predicted octanol–water partition coefficient (Wildman–Crippen LogP) is 1.76. The molecule has 3 rings (SSSR count). The summed E-state index contributed by atoms with van der Waals surface area (Å²) < 4.78 is 0. The van der Waals surface area contributed by atoms with E-state index in [0.717, 1.165) is 48.6 Å². The summed E-state index contributed by atoms with van der Waals surface area (Å²) in [6.45, 7) is 2.79. The molecular formula is C16H21N3O. The fourth-order valence-electron chi connectivity index (χ4n) is 2.45.